The molecule has 0 aliphatic carbocycles. The molecule has 1 atom stereocenters. The zero-order valence-electron chi connectivity index (χ0n) is 8.82. The summed E-state index contributed by atoms with van der Waals surface area (Å²) in [5, 5.41) is 4.40. The lowest BCUT2D eigenvalue weighted by Gasteiger charge is -2.16. The highest BCUT2D eigenvalue weighted by Crippen LogP contribution is 2.37. The molecule has 0 radical (unpaired) electrons. The predicted molar refractivity (Wildman–Crippen MR) is 60.7 cm³/mol. The molecule has 1 aliphatic heterocycles. The number of hydrogen-bond acceptors (Lipinski definition) is 5. The van der Waals surface area contributed by atoms with Crippen LogP contribution in [0, 0.1) is 0 Å². The van der Waals surface area contributed by atoms with Gasteiger partial charge in [-0.1, -0.05) is 11.6 Å². The SMILES string of the molecule is NCCCc1noc(C2CCCCS2)n1. The standard InChI is InChI=1S/C10H17N3OS/c11-6-3-5-9-12-10(14-13-9)8-4-1-2-7-15-8/h8H,1-7,11H2. The Morgan fingerprint density at radius 2 is 2.40 bits per heavy atom. The van der Waals surface area contributed by atoms with Gasteiger partial charge in [0.25, 0.3) is 0 Å². The van der Waals surface area contributed by atoms with Gasteiger partial charge in [-0.2, -0.15) is 4.98 Å². The molecule has 1 aliphatic rings. The Hall–Kier alpha value is -0.550. The van der Waals surface area contributed by atoms with E-state index in [9.17, 15) is 0 Å². The average Bonchev–Trinajstić information content (AvgIpc) is 2.76. The van der Waals surface area contributed by atoms with Gasteiger partial charge in [0.1, 0.15) is 0 Å². The second-order valence-corrected chi connectivity index (χ2v) is 5.11. The van der Waals surface area contributed by atoms with Crippen molar-refractivity contribution >= 4 is 11.8 Å². The summed E-state index contributed by atoms with van der Waals surface area (Å²) in [6.07, 6.45) is 5.52. The van der Waals surface area contributed by atoms with E-state index in [4.69, 9.17) is 10.3 Å². The molecular weight excluding hydrogens is 210 g/mol. The van der Waals surface area contributed by atoms with E-state index in [0.29, 0.717) is 11.8 Å². The zero-order valence-corrected chi connectivity index (χ0v) is 9.63. The molecule has 1 saturated heterocycles. The smallest absolute Gasteiger partial charge is 0.239 e. The van der Waals surface area contributed by atoms with E-state index >= 15 is 0 Å². The van der Waals surface area contributed by atoms with Gasteiger partial charge < -0.3 is 10.3 Å². The second-order valence-electron chi connectivity index (χ2n) is 3.80. The second kappa shape index (κ2) is 5.51. The molecular formula is C10H17N3OS. The molecule has 2 N–H and O–H groups in total. The lowest BCUT2D eigenvalue weighted by Crippen LogP contribution is -2.03. The fourth-order valence-electron chi connectivity index (χ4n) is 1.70. The van der Waals surface area contributed by atoms with Crippen molar-refractivity contribution in [2.24, 2.45) is 5.73 Å². The minimum Gasteiger partial charge on any atom is -0.338 e. The summed E-state index contributed by atoms with van der Waals surface area (Å²) in [5.74, 6) is 2.83. The molecule has 2 rings (SSSR count). The van der Waals surface area contributed by atoms with Crippen molar-refractivity contribution in [2.45, 2.75) is 37.4 Å². The van der Waals surface area contributed by atoms with Gasteiger partial charge in [-0.3, -0.25) is 0 Å². The van der Waals surface area contributed by atoms with Crippen LogP contribution in [0.5, 0.6) is 0 Å². The Kier molecular flexibility index (Phi) is 4.02. The van der Waals surface area contributed by atoms with Crippen LogP contribution >= 0.6 is 11.8 Å². The van der Waals surface area contributed by atoms with E-state index in [1.807, 2.05) is 11.8 Å². The van der Waals surface area contributed by atoms with Crippen LogP contribution in [-0.4, -0.2) is 22.4 Å². The Labute approximate surface area is 94.0 Å². The molecule has 1 aromatic rings. The summed E-state index contributed by atoms with van der Waals surface area (Å²) < 4.78 is 5.28. The first kappa shape index (κ1) is 11.0. The van der Waals surface area contributed by atoms with Gasteiger partial charge in [-0.05, 0) is 31.6 Å². The van der Waals surface area contributed by atoms with Crippen LogP contribution < -0.4 is 5.73 Å². The summed E-state index contributed by atoms with van der Waals surface area (Å²) in [6, 6.07) is 0. The third kappa shape index (κ3) is 2.95. The number of hydrogen-bond donors (Lipinski definition) is 1. The van der Waals surface area contributed by atoms with Crippen LogP contribution in [0.2, 0.25) is 0 Å². The molecule has 15 heavy (non-hydrogen) atoms. The largest absolute Gasteiger partial charge is 0.338 e. The Morgan fingerprint density at radius 1 is 1.47 bits per heavy atom. The minimum absolute atomic E-state index is 0.429. The molecule has 0 spiro atoms. The highest BCUT2D eigenvalue weighted by molar-refractivity contribution is 7.99. The Balaban J connectivity index is 1.93. The monoisotopic (exact) mass is 227 g/mol. The summed E-state index contributed by atoms with van der Waals surface area (Å²) in [6.45, 7) is 0.683. The lowest BCUT2D eigenvalue weighted by atomic mass is 10.2. The summed E-state index contributed by atoms with van der Waals surface area (Å²) >= 11 is 1.93. The predicted octanol–water partition coefficient (Wildman–Crippen LogP) is 1.92. The van der Waals surface area contributed by atoms with E-state index in [1.54, 1.807) is 0 Å². The van der Waals surface area contributed by atoms with Gasteiger partial charge in [0.2, 0.25) is 5.89 Å². The molecule has 1 aromatic heterocycles. The van der Waals surface area contributed by atoms with Gasteiger partial charge in [-0.15, -0.1) is 11.8 Å². The molecule has 0 amide bonds. The van der Waals surface area contributed by atoms with Crippen molar-refractivity contribution in [1.29, 1.82) is 0 Å². The molecule has 5 heteroatoms. The van der Waals surface area contributed by atoms with Gasteiger partial charge >= 0.3 is 0 Å². The summed E-state index contributed by atoms with van der Waals surface area (Å²) in [5.41, 5.74) is 5.44. The molecule has 1 unspecified atom stereocenters. The number of aryl methyl sites for hydroxylation is 1. The van der Waals surface area contributed by atoms with Gasteiger partial charge in [0, 0.05) is 6.42 Å². The van der Waals surface area contributed by atoms with E-state index in [1.165, 1.54) is 25.0 Å². The first-order valence-electron chi connectivity index (χ1n) is 5.54. The zero-order chi connectivity index (χ0) is 10.5. The summed E-state index contributed by atoms with van der Waals surface area (Å²) in [4.78, 5) is 4.42. The van der Waals surface area contributed by atoms with Gasteiger partial charge in [-0.25, -0.2) is 0 Å². The fourth-order valence-corrected chi connectivity index (χ4v) is 2.92. The van der Waals surface area contributed by atoms with E-state index in [0.717, 1.165) is 24.6 Å². The number of aromatic nitrogens is 2. The van der Waals surface area contributed by atoms with Crippen LogP contribution in [0.15, 0.2) is 4.52 Å². The summed E-state index contributed by atoms with van der Waals surface area (Å²) in [7, 11) is 0. The highest BCUT2D eigenvalue weighted by atomic mass is 32.2. The minimum atomic E-state index is 0.429. The van der Waals surface area contributed by atoms with Crippen molar-refractivity contribution in [3.8, 4) is 0 Å². The number of nitrogens with zero attached hydrogens (tertiary/aromatic N) is 2. The van der Waals surface area contributed by atoms with Crippen molar-refractivity contribution in [3.05, 3.63) is 11.7 Å². The van der Waals surface area contributed by atoms with E-state index in [2.05, 4.69) is 10.1 Å². The van der Waals surface area contributed by atoms with Crippen molar-refractivity contribution in [1.82, 2.24) is 10.1 Å². The maximum absolute atomic E-state index is 5.44. The van der Waals surface area contributed by atoms with Crippen LogP contribution in [0.25, 0.3) is 0 Å². The molecule has 2 heterocycles. The maximum atomic E-state index is 5.44. The number of nitrogens with two attached hydrogens (primary N) is 1. The molecule has 0 aromatic carbocycles. The molecule has 0 bridgehead atoms. The van der Waals surface area contributed by atoms with Crippen molar-refractivity contribution < 1.29 is 4.52 Å². The normalized spacial score (nSPS) is 21.8. The molecule has 84 valence electrons. The fraction of sp³-hybridized carbons (Fsp3) is 0.800. The average molecular weight is 227 g/mol. The maximum Gasteiger partial charge on any atom is 0.239 e. The molecule has 0 saturated carbocycles. The first-order chi connectivity index (χ1) is 7.40. The highest BCUT2D eigenvalue weighted by Gasteiger charge is 2.21. The van der Waals surface area contributed by atoms with E-state index in [-0.39, 0.29) is 0 Å². The Morgan fingerprint density at radius 3 is 3.13 bits per heavy atom. The van der Waals surface area contributed by atoms with Crippen molar-refractivity contribution in [2.75, 3.05) is 12.3 Å². The van der Waals surface area contributed by atoms with Crippen LogP contribution in [-0.2, 0) is 6.42 Å². The van der Waals surface area contributed by atoms with Crippen LogP contribution in [0.4, 0.5) is 0 Å². The van der Waals surface area contributed by atoms with Crippen molar-refractivity contribution in [3.63, 3.8) is 0 Å². The first-order valence-corrected chi connectivity index (χ1v) is 6.59. The lowest BCUT2D eigenvalue weighted by molar-refractivity contribution is 0.365. The third-order valence-corrected chi connectivity index (χ3v) is 3.91. The van der Waals surface area contributed by atoms with Crippen LogP contribution in [0.3, 0.4) is 0 Å². The third-order valence-electron chi connectivity index (χ3n) is 2.54. The molecule has 1 fully saturated rings. The number of rotatable bonds is 4. The van der Waals surface area contributed by atoms with Gasteiger partial charge in [0.05, 0.1) is 5.25 Å². The van der Waals surface area contributed by atoms with Crippen LogP contribution in [0.1, 0.15) is 42.6 Å². The topological polar surface area (TPSA) is 64.9 Å². The quantitative estimate of drug-likeness (QED) is 0.851. The van der Waals surface area contributed by atoms with E-state index < -0.39 is 0 Å². The molecule has 4 nitrogen and oxygen atoms in total. The number of thioether (sulfide) groups is 1. The van der Waals surface area contributed by atoms with Gasteiger partial charge in [0.15, 0.2) is 5.82 Å². The Bertz CT molecular complexity index is 297.